The number of rotatable bonds is 6. The van der Waals surface area contributed by atoms with Crippen LogP contribution >= 0.6 is 0 Å². The number of H-pyrrole nitrogens is 1. The van der Waals surface area contributed by atoms with E-state index in [1.54, 1.807) is 6.92 Å². The molecule has 0 aromatic carbocycles. The van der Waals surface area contributed by atoms with Gasteiger partial charge in [-0.15, -0.1) is 0 Å². The van der Waals surface area contributed by atoms with Crippen molar-refractivity contribution >= 4 is 11.0 Å². The number of hydrogen-bond acceptors (Lipinski definition) is 8. The normalized spacial score (nSPS) is 18.3. The van der Waals surface area contributed by atoms with Crippen molar-refractivity contribution in [2.24, 2.45) is 0 Å². The molecule has 0 bridgehead atoms. The minimum absolute atomic E-state index is 0.0522. The average molecular weight is 532 g/mol. The fourth-order valence-electron chi connectivity index (χ4n) is 4.37. The summed E-state index contributed by atoms with van der Waals surface area (Å²) in [5.41, 5.74) is -1.40. The zero-order chi connectivity index (χ0) is 27.2. The molecule has 0 aliphatic heterocycles. The molecule has 4 aromatic rings. The lowest BCUT2D eigenvalue weighted by atomic mass is 9.72. The molecule has 4 aromatic heterocycles. The molecular weight excluding hydrogens is 515 g/mol. The average Bonchev–Trinajstić information content (AvgIpc) is 3.22. The van der Waals surface area contributed by atoms with Crippen molar-refractivity contribution in [3.05, 3.63) is 69.7 Å². The van der Waals surface area contributed by atoms with E-state index in [1.165, 1.54) is 10.7 Å². The maximum atomic E-state index is 13.0. The maximum absolute atomic E-state index is 13.0. The van der Waals surface area contributed by atoms with Crippen LogP contribution in [0, 0.1) is 11.3 Å². The Balaban J connectivity index is 1.50. The van der Waals surface area contributed by atoms with Gasteiger partial charge in [-0.2, -0.15) is 32.3 Å². The standard InChI is InChI=1S/C23H17F5N8O2/c1-10(11-2-5-16(30-7-11)23(26,27)28)36-20-17(15(6-29)35-36)21(37)34-19(33-20)14-4-3-13(14)18-31-8-12(9-32-18)38-22(24)25/h2,5,7-10,13-14,22H,3-4H2,1H3,(H,33,34,37)/t10-,13+,14+/m1/s1. The molecule has 5 rings (SSSR count). The summed E-state index contributed by atoms with van der Waals surface area (Å²) in [6.07, 6.45) is 0.000771. The first-order valence-corrected chi connectivity index (χ1v) is 11.3. The van der Waals surface area contributed by atoms with Gasteiger partial charge < -0.3 is 9.72 Å². The van der Waals surface area contributed by atoms with Gasteiger partial charge in [0.2, 0.25) is 0 Å². The number of aromatic nitrogens is 7. The third kappa shape index (κ3) is 4.53. The van der Waals surface area contributed by atoms with Crippen LogP contribution < -0.4 is 10.3 Å². The zero-order valence-corrected chi connectivity index (χ0v) is 19.4. The molecule has 0 radical (unpaired) electrons. The summed E-state index contributed by atoms with van der Waals surface area (Å²) in [5, 5.41) is 13.7. The zero-order valence-electron chi connectivity index (χ0n) is 19.4. The Morgan fingerprint density at radius 2 is 1.84 bits per heavy atom. The number of fused-ring (bicyclic) bond motifs is 1. The predicted molar refractivity (Wildman–Crippen MR) is 119 cm³/mol. The van der Waals surface area contributed by atoms with Crippen molar-refractivity contribution in [2.75, 3.05) is 0 Å². The number of alkyl halides is 5. The van der Waals surface area contributed by atoms with Crippen LogP contribution in [0.3, 0.4) is 0 Å². The highest BCUT2D eigenvalue weighted by molar-refractivity contribution is 5.80. The number of hydrogen-bond donors (Lipinski definition) is 1. The third-order valence-corrected chi connectivity index (χ3v) is 6.44. The molecule has 0 saturated heterocycles. The lowest BCUT2D eigenvalue weighted by molar-refractivity contribution is -0.141. The second-order valence-electron chi connectivity index (χ2n) is 8.65. The topological polar surface area (TPSA) is 135 Å². The van der Waals surface area contributed by atoms with Crippen molar-refractivity contribution in [3.8, 4) is 11.8 Å². The van der Waals surface area contributed by atoms with Gasteiger partial charge in [0.15, 0.2) is 17.1 Å². The van der Waals surface area contributed by atoms with Crippen LogP contribution in [0.1, 0.15) is 66.2 Å². The Kier molecular flexibility index (Phi) is 6.25. The molecule has 3 atom stereocenters. The number of aromatic amines is 1. The summed E-state index contributed by atoms with van der Waals surface area (Å²) in [7, 11) is 0. The molecule has 4 heterocycles. The SMILES string of the molecule is C[C@H](c1ccc(C(F)(F)F)nc1)n1nc(C#N)c2c(=O)[nH]c([C@H]3CC[C@@H]3c3ncc(OC(F)F)cn3)nc21. The lowest BCUT2D eigenvalue weighted by Crippen LogP contribution is -2.28. The van der Waals surface area contributed by atoms with E-state index in [9.17, 15) is 32.0 Å². The van der Waals surface area contributed by atoms with Crippen molar-refractivity contribution in [2.45, 2.75) is 50.4 Å². The molecule has 38 heavy (non-hydrogen) atoms. The highest BCUT2D eigenvalue weighted by Gasteiger charge is 2.38. The van der Waals surface area contributed by atoms with E-state index in [4.69, 9.17) is 0 Å². The predicted octanol–water partition coefficient (Wildman–Crippen LogP) is 4.07. The van der Waals surface area contributed by atoms with Crippen LogP contribution in [0.15, 0.2) is 35.5 Å². The summed E-state index contributed by atoms with van der Waals surface area (Å²) >= 11 is 0. The summed E-state index contributed by atoms with van der Waals surface area (Å²) in [6, 6.07) is 3.23. The van der Waals surface area contributed by atoms with Crippen LogP contribution in [0.25, 0.3) is 11.0 Å². The second-order valence-corrected chi connectivity index (χ2v) is 8.65. The smallest absolute Gasteiger partial charge is 0.432 e. The molecule has 1 aliphatic rings. The van der Waals surface area contributed by atoms with Crippen molar-refractivity contribution < 1.29 is 26.7 Å². The van der Waals surface area contributed by atoms with Crippen LogP contribution in [0.4, 0.5) is 22.0 Å². The van der Waals surface area contributed by atoms with E-state index in [2.05, 4.69) is 34.8 Å². The van der Waals surface area contributed by atoms with E-state index in [0.29, 0.717) is 30.1 Å². The summed E-state index contributed by atoms with van der Waals surface area (Å²) < 4.78 is 69.1. The first kappa shape index (κ1) is 25.2. The molecular formula is C23H17F5N8O2. The molecule has 1 fully saturated rings. The van der Waals surface area contributed by atoms with Crippen LogP contribution in [-0.2, 0) is 6.18 Å². The molecule has 15 heteroatoms. The molecule has 1 N–H and O–H groups in total. The summed E-state index contributed by atoms with van der Waals surface area (Å²) in [6.45, 7) is -1.38. The lowest BCUT2D eigenvalue weighted by Gasteiger charge is -2.34. The molecule has 0 amide bonds. The number of nitrogens with zero attached hydrogens (tertiary/aromatic N) is 7. The van der Waals surface area contributed by atoms with E-state index in [0.717, 1.165) is 24.7 Å². The minimum atomic E-state index is -4.60. The number of pyridine rings is 1. The molecule has 196 valence electrons. The maximum Gasteiger partial charge on any atom is 0.433 e. The second kappa shape index (κ2) is 9.43. The number of nitrogens with one attached hydrogen (secondary N) is 1. The number of ether oxygens (including phenoxy) is 1. The Morgan fingerprint density at radius 3 is 2.39 bits per heavy atom. The number of nitriles is 1. The van der Waals surface area contributed by atoms with E-state index < -0.39 is 30.1 Å². The van der Waals surface area contributed by atoms with Gasteiger partial charge in [0.1, 0.15) is 28.8 Å². The van der Waals surface area contributed by atoms with E-state index >= 15 is 0 Å². The molecule has 10 nitrogen and oxygen atoms in total. The Morgan fingerprint density at radius 1 is 1.13 bits per heavy atom. The van der Waals surface area contributed by atoms with Gasteiger partial charge in [-0.3, -0.25) is 9.78 Å². The van der Waals surface area contributed by atoms with Crippen molar-refractivity contribution in [1.82, 2.24) is 34.7 Å². The summed E-state index contributed by atoms with van der Waals surface area (Å²) in [4.78, 5) is 31.9. The van der Waals surface area contributed by atoms with Gasteiger partial charge in [0.05, 0.1) is 18.4 Å². The first-order chi connectivity index (χ1) is 18.1. The van der Waals surface area contributed by atoms with Gasteiger partial charge in [0.25, 0.3) is 5.56 Å². The van der Waals surface area contributed by atoms with Gasteiger partial charge in [0, 0.05) is 18.0 Å². The van der Waals surface area contributed by atoms with Gasteiger partial charge in [-0.05, 0) is 31.4 Å². The third-order valence-electron chi connectivity index (χ3n) is 6.44. The number of halogens is 5. The Bertz CT molecular complexity index is 1580. The fraction of sp³-hybridized carbons (Fsp3) is 0.348. The Hall–Kier alpha value is -4.48. The van der Waals surface area contributed by atoms with Crippen molar-refractivity contribution in [1.29, 1.82) is 5.26 Å². The van der Waals surface area contributed by atoms with Gasteiger partial charge in [-0.1, -0.05) is 6.07 Å². The highest BCUT2D eigenvalue weighted by Crippen LogP contribution is 2.47. The van der Waals surface area contributed by atoms with Crippen LogP contribution in [0.5, 0.6) is 5.75 Å². The summed E-state index contributed by atoms with van der Waals surface area (Å²) in [5.74, 6) is -0.114. The van der Waals surface area contributed by atoms with E-state index in [1.807, 2.05) is 6.07 Å². The van der Waals surface area contributed by atoms with Crippen LogP contribution in [0.2, 0.25) is 0 Å². The van der Waals surface area contributed by atoms with Crippen LogP contribution in [-0.4, -0.2) is 41.3 Å². The Labute approximate surface area is 210 Å². The van der Waals surface area contributed by atoms with Gasteiger partial charge in [-0.25, -0.2) is 19.6 Å². The molecule has 1 saturated carbocycles. The van der Waals surface area contributed by atoms with E-state index in [-0.39, 0.29) is 34.3 Å². The van der Waals surface area contributed by atoms with Crippen molar-refractivity contribution in [3.63, 3.8) is 0 Å². The minimum Gasteiger partial charge on any atom is -0.432 e. The molecule has 0 unspecified atom stereocenters. The molecule has 1 aliphatic carbocycles. The van der Waals surface area contributed by atoms with Gasteiger partial charge >= 0.3 is 12.8 Å². The largest absolute Gasteiger partial charge is 0.433 e. The fourth-order valence-corrected chi connectivity index (χ4v) is 4.37. The molecule has 0 spiro atoms. The quantitative estimate of drug-likeness (QED) is 0.367. The monoisotopic (exact) mass is 532 g/mol. The highest BCUT2D eigenvalue weighted by atomic mass is 19.4. The first-order valence-electron chi connectivity index (χ1n) is 11.3.